The minimum atomic E-state index is -3.79. The van der Waals surface area contributed by atoms with Gasteiger partial charge in [-0.25, -0.2) is 0 Å². The van der Waals surface area contributed by atoms with E-state index in [9.17, 15) is 8.42 Å². The fourth-order valence-electron chi connectivity index (χ4n) is 1.39. The highest BCUT2D eigenvalue weighted by molar-refractivity contribution is 9.10. The van der Waals surface area contributed by atoms with Crippen LogP contribution in [-0.4, -0.2) is 13.6 Å². The van der Waals surface area contributed by atoms with Crippen molar-refractivity contribution in [2.45, 2.75) is 4.90 Å². The summed E-state index contributed by atoms with van der Waals surface area (Å²) in [5.74, 6) is 0. The van der Waals surface area contributed by atoms with Gasteiger partial charge in [-0.15, -0.1) is 4.40 Å². The van der Waals surface area contributed by atoms with Gasteiger partial charge >= 0.3 is 0 Å². The highest BCUT2D eigenvalue weighted by Crippen LogP contribution is 2.18. The molecule has 0 aromatic heterocycles. The van der Waals surface area contributed by atoms with Gasteiger partial charge in [0.25, 0.3) is 10.0 Å². The van der Waals surface area contributed by atoms with Crippen LogP contribution in [0.4, 0.5) is 0 Å². The summed E-state index contributed by atoms with van der Waals surface area (Å²) in [5, 5.41) is -0.0523. The van der Waals surface area contributed by atoms with Crippen LogP contribution in [0.25, 0.3) is 0 Å². The molecule has 0 radical (unpaired) electrons. The normalized spacial score (nSPS) is 12.4. The zero-order chi connectivity index (χ0) is 13.9. The predicted molar refractivity (Wildman–Crippen MR) is 80.2 cm³/mol. The summed E-state index contributed by atoms with van der Waals surface area (Å²) in [6.45, 7) is 0. The molecule has 0 N–H and O–H groups in total. The summed E-state index contributed by atoms with van der Waals surface area (Å²) in [6.07, 6.45) is 0. The first kappa shape index (κ1) is 14.2. The van der Waals surface area contributed by atoms with E-state index in [0.29, 0.717) is 5.56 Å². The van der Waals surface area contributed by atoms with Crippen LogP contribution < -0.4 is 0 Å². The van der Waals surface area contributed by atoms with Gasteiger partial charge in [0.1, 0.15) is 5.17 Å². The van der Waals surface area contributed by atoms with Crippen LogP contribution in [0.15, 0.2) is 68.4 Å². The molecule has 98 valence electrons. The predicted octanol–water partition coefficient (Wildman–Crippen LogP) is 3.82. The molecular formula is C13H9BrClNO2S. The Bertz CT molecular complexity index is 697. The number of halogens is 2. The number of hydrogen-bond donors (Lipinski definition) is 0. The Labute approximate surface area is 125 Å². The second-order valence-corrected chi connectivity index (χ2v) is 6.55. The number of hydrogen-bond acceptors (Lipinski definition) is 2. The maximum atomic E-state index is 12.0. The molecule has 2 aromatic carbocycles. The molecule has 0 saturated carbocycles. The van der Waals surface area contributed by atoms with Crippen molar-refractivity contribution in [3.05, 3.63) is 64.6 Å². The van der Waals surface area contributed by atoms with Gasteiger partial charge in [0.2, 0.25) is 0 Å². The van der Waals surface area contributed by atoms with Gasteiger partial charge < -0.3 is 0 Å². The van der Waals surface area contributed by atoms with Gasteiger partial charge in [0, 0.05) is 10.0 Å². The van der Waals surface area contributed by atoms with E-state index >= 15 is 0 Å². The summed E-state index contributed by atoms with van der Waals surface area (Å²) < 4.78 is 28.5. The maximum Gasteiger partial charge on any atom is 0.283 e. The quantitative estimate of drug-likeness (QED) is 0.783. The van der Waals surface area contributed by atoms with Crippen molar-refractivity contribution >= 4 is 42.7 Å². The monoisotopic (exact) mass is 357 g/mol. The Balaban J connectivity index is 2.39. The summed E-state index contributed by atoms with van der Waals surface area (Å²) in [6, 6.07) is 15.0. The van der Waals surface area contributed by atoms with E-state index in [0.717, 1.165) is 4.47 Å². The first-order valence-electron chi connectivity index (χ1n) is 5.30. The fraction of sp³-hybridized carbons (Fsp3) is 0. The Hall–Kier alpha value is -1.17. The SMILES string of the molecule is O=S(=O)(/N=C(/Cl)c1ccccc1)c1ccc(Br)cc1. The van der Waals surface area contributed by atoms with E-state index in [-0.39, 0.29) is 10.1 Å². The highest BCUT2D eigenvalue weighted by atomic mass is 79.9. The molecule has 2 rings (SSSR count). The van der Waals surface area contributed by atoms with Crippen molar-refractivity contribution in [2.24, 2.45) is 4.40 Å². The summed E-state index contributed by atoms with van der Waals surface area (Å²) in [7, 11) is -3.79. The minimum Gasteiger partial charge on any atom is -0.199 e. The third-order valence-corrected chi connectivity index (χ3v) is 4.55. The molecule has 0 unspecified atom stereocenters. The Morgan fingerprint density at radius 2 is 1.58 bits per heavy atom. The second-order valence-electron chi connectivity index (χ2n) is 3.68. The van der Waals surface area contributed by atoms with Gasteiger partial charge in [-0.2, -0.15) is 8.42 Å². The van der Waals surface area contributed by atoms with E-state index < -0.39 is 10.0 Å². The van der Waals surface area contributed by atoms with Crippen molar-refractivity contribution in [1.29, 1.82) is 0 Å². The number of nitrogens with zero attached hydrogens (tertiary/aromatic N) is 1. The zero-order valence-electron chi connectivity index (χ0n) is 9.62. The number of benzene rings is 2. The Morgan fingerprint density at radius 1 is 1.00 bits per heavy atom. The summed E-state index contributed by atoms with van der Waals surface area (Å²) >= 11 is 9.18. The lowest BCUT2D eigenvalue weighted by molar-refractivity contribution is 0.598. The zero-order valence-corrected chi connectivity index (χ0v) is 12.8. The Morgan fingerprint density at radius 3 is 2.16 bits per heavy atom. The third kappa shape index (κ3) is 3.65. The third-order valence-electron chi connectivity index (χ3n) is 2.32. The molecule has 0 spiro atoms. The first-order valence-corrected chi connectivity index (χ1v) is 7.91. The number of sulfonamides is 1. The molecule has 0 aliphatic heterocycles. The highest BCUT2D eigenvalue weighted by Gasteiger charge is 2.14. The smallest absolute Gasteiger partial charge is 0.199 e. The average Bonchev–Trinajstić information content (AvgIpc) is 2.40. The minimum absolute atomic E-state index is 0.0523. The molecule has 6 heteroatoms. The van der Waals surface area contributed by atoms with Gasteiger partial charge in [-0.3, -0.25) is 0 Å². The molecule has 0 bridgehead atoms. The maximum absolute atomic E-state index is 12.0. The van der Waals surface area contributed by atoms with Crippen LogP contribution in [-0.2, 0) is 10.0 Å². The van der Waals surface area contributed by atoms with Gasteiger partial charge in [0.15, 0.2) is 0 Å². The lowest BCUT2D eigenvalue weighted by Crippen LogP contribution is -2.01. The summed E-state index contributed by atoms with van der Waals surface area (Å²) in [5.41, 5.74) is 0.560. The Kier molecular flexibility index (Phi) is 4.39. The molecule has 0 heterocycles. The molecule has 19 heavy (non-hydrogen) atoms. The first-order chi connectivity index (χ1) is 8.99. The molecular weight excluding hydrogens is 350 g/mol. The second kappa shape index (κ2) is 5.86. The molecule has 0 fully saturated rings. The molecule has 0 aliphatic carbocycles. The van der Waals surface area contributed by atoms with Crippen molar-refractivity contribution in [1.82, 2.24) is 0 Å². The molecule has 2 aromatic rings. The van der Waals surface area contributed by atoms with E-state index in [1.165, 1.54) is 12.1 Å². The van der Waals surface area contributed by atoms with Gasteiger partial charge in [-0.1, -0.05) is 57.9 Å². The van der Waals surface area contributed by atoms with Crippen LogP contribution in [0.2, 0.25) is 0 Å². The van der Waals surface area contributed by atoms with Gasteiger partial charge in [-0.05, 0) is 24.3 Å². The van der Waals surface area contributed by atoms with Crippen LogP contribution in [0.5, 0.6) is 0 Å². The van der Waals surface area contributed by atoms with Crippen molar-refractivity contribution < 1.29 is 8.42 Å². The standard InChI is InChI=1S/C13H9BrClNO2S/c14-11-6-8-12(9-7-11)19(17,18)16-13(15)10-4-2-1-3-5-10/h1-9H/b16-13+. The molecule has 0 saturated heterocycles. The van der Waals surface area contributed by atoms with Crippen molar-refractivity contribution in [3.63, 3.8) is 0 Å². The topological polar surface area (TPSA) is 46.5 Å². The van der Waals surface area contributed by atoms with Crippen molar-refractivity contribution in [2.75, 3.05) is 0 Å². The largest absolute Gasteiger partial charge is 0.283 e. The lowest BCUT2D eigenvalue weighted by Gasteiger charge is -2.01. The van der Waals surface area contributed by atoms with E-state index in [4.69, 9.17) is 11.6 Å². The molecule has 0 amide bonds. The van der Waals surface area contributed by atoms with Crippen LogP contribution in [0, 0.1) is 0 Å². The van der Waals surface area contributed by atoms with Gasteiger partial charge in [0.05, 0.1) is 4.90 Å². The molecule has 0 atom stereocenters. The molecule has 0 aliphatic rings. The summed E-state index contributed by atoms with van der Waals surface area (Å²) in [4.78, 5) is 0.102. The van der Waals surface area contributed by atoms with Crippen molar-refractivity contribution in [3.8, 4) is 0 Å². The van der Waals surface area contributed by atoms with Crippen LogP contribution in [0.3, 0.4) is 0 Å². The number of rotatable bonds is 3. The van der Waals surface area contributed by atoms with E-state index in [1.807, 2.05) is 6.07 Å². The van der Waals surface area contributed by atoms with E-state index in [1.54, 1.807) is 36.4 Å². The molecule has 3 nitrogen and oxygen atoms in total. The fourth-order valence-corrected chi connectivity index (χ4v) is 2.96. The van der Waals surface area contributed by atoms with E-state index in [2.05, 4.69) is 20.3 Å². The average molecular weight is 359 g/mol. The lowest BCUT2D eigenvalue weighted by atomic mass is 10.2. The van der Waals surface area contributed by atoms with Crippen LogP contribution >= 0.6 is 27.5 Å². The van der Waals surface area contributed by atoms with Crippen LogP contribution in [0.1, 0.15) is 5.56 Å².